The summed E-state index contributed by atoms with van der Waals surface area (Å²) < 4.78 is 0. The van der Waals surface area contributed by atoms with Crippen LogP contribution in [0.3, 0.4) is 0 Å². The van der Waals surface area contributed by atoms with Crippen LogP contribution < -0.4 is 5.32 Å². The third-order valence-electron chi connectivity index (χ3n) is 1.87. The van der Waals surface area contributed by atoms with Crippen LogP contribution in [0.2, 0.25) is 0 Å². The number of anilines is 1. The summed E-state index contributed by atoms with van der Waals surface area (Å²) in [7, 11) is 0. The Labute approximate surface area is 100 Å². The lowest BCUT2D eigenvalue weighted by Gasteiger charge is -2.16. The zero-order chi connectivity index (χ0) is 12.2. The lowest BCUT2D eigenvalue weighted by atomic mass is 9.92. The van der Waals surface area contributed by atoms with Crippen molar-refractivity contribution in [2.45, 2.75) is 47.0 Å². The molecule has 0 radical (unpaired) electrons. The molecular formula is C11H19N3OS. The molecule has 0 atom stereocenters. The van der Waals surface area contributed by atoms with Crippen molar-refractivity contribution in [3.8, 4) is 0 Å². The van der Waals surface area contributed by atoms with Crippen molar-refractivity contribution >= 4 is 22.4 Å². The number of nitrogens with zero attached hydrogens (tertiary/aromatic N) is 2. The van der Waals surface area contributed by atoms with Crippen molar-refractivity contribution in [1.29, 1.82) is 0 Å². The molecule has 1 heterocycles. The van der Waals surface area contributed by atoms with E-state index >= 15 is 0 Å². The van der Waals surface area contributed by atoms with Crippen molar-refractivity contribution in [2.75, 3.05) is 5.32 Å². The summed E-state index contributed by atoms with van der Waals surface area (Å²) in [5.41, 5.74) is 0.00101. The fraction of sp³-hybridized carbons (Fsp3) is 0.727. The molecule has 16 heavy (non-hydrogen) atoms. The lowest BCUT2D eigenvalue weighted by Crippen LogP contribution is -2.19. The maximum absolute atomic E-state index is 11.6. The fourth-order valence-electron chi connectivity index (χ4n) is 1.26. The van der Waals surface area contributed by atoms with Gasteiger partial charge in [-0.2, -0.15) is 0 Å². The predicted octanol–water partition coefficient (Wildman–Crippen LogP) is 2.87. The minimum absolute atomic E-state index is 0.00101. The predicted molar refractivity (Wildman–Crippen MR) is 66.6 cm³/mol. The summed E-state index contributed by atoms with van der Waals surface area (Å²) in [6.07, 6.45) is 2.47. The van der Waals surface area contributed by atoms with Gasteiger partial charge in [-0.15, -0.1) is 10.2 Å². The average Bonchev–Trinajstić information content (AvgIpc) is 2.49. The van der Waals surface area contributed by atoms with Crippen LogP contribution >= 0.6 is 11.3 Å². The van der Waals surface area contributed by atoms with Gasteiger partial charge in [-0.05, 0) is 11.8 Å². The smallest absolute Gasteiger partial charge is 0.226 e. The summed E-state index contributed by atoms with van der Waals surface area (Å²) in [4.78, 5) is 11.6. The van der Waals surface area contributed by atoms with Crippen LogP contribution in [0.1, 0.15) is 45.5 Å². The van der Waals surface area contributed by atoms with E-state index in [-0.39, 0.29) is 11.3 Å². The van der Waals surface area contributed by atoms with Gasteiger partial charge in [0.15, 0.2) is 0 Å². The molecule has 0 unspecified atom stereocenters. The number of carbonyl (C=O) groups is 1. The summed E-state index contributed by atoms with van der Waals surface area (Å²) in [6.45, 7) is 8.21. The summed E-state index contributed by atoms with van der Waals surface area (Å²) >= 11 is 1.46. The Kier molecular flexibility index (Phi) is 4.41. The molecule has 4 nitrogen and oxygen atoms in total. The van der Waals surface area contributed by atoms with E-state index in [1.807, 2.05) is 20.8 Å². The van der Waals surface area contributed by atoms with Gasteiger partial charge in [0.1, 0.15) is 5.01 Å². The Bertz CT molecular complexity index is 354. The highest BCUT2D eigenvalue weighted by molar-refractivity contribution is 7.15. The maximum atomic E-state index is 11.6. The number of aryl methyl sites for hydroxylation is 1. The van der Waals surface area contributed by atoms with Crippen molar-refractivity contribution in [2.24, 2.45) is 5.41 Å². The standard InChI is InChI=1S/C11H19N3OS/c1-5-6-9-13-14-10(16-9)12-8(15)7-11(2,3)4/h5-7H2,1-4H3,(H,12,14,15). The molecular weight excluding hydrogens is 222 g/mol. The Morgan fingerprint density at radius 2 is 2.06 bits per heavy atom. The normalized spacial score (nSPS) is 11.5. The van der Waals surface area contributed by atoms with Gasteiger partial charge in [-0.25, -0.2) is 0 Å². The van der Waals surface area contributed by atoms with Gasteiger partial charge in [0.05, 0.1) is 0 Å². The number of carbonyl (C=O) groups excluding carboxylic acids is 1. The van der Waals surface area contributed by atoms with Gasteiger partial charge in [0.2, 0.25) is 11.0 Å². The molecule has 0 aromatic carbocycles. The largest absolute Gasteiger partial charge is 0.301 e. The number of hydrogen-bond acceptors (Lipinski definition) is 4. The SMILES string of the molecule is CCCc1nnc(NC(=O)CC(C)(C)C)s1. The molecule has 5 heteroatoms. The molecule has 1 rings (SSSR count). The number of rotatable bonds is 4. The highest BCUT2D eigenvalue weighted by Crippen LogP contribution is 2.21. The van der Waals surface area contributed by atoms with Gasteiger partial charge in [-0.3, -0.25) is 4.79 Å². The third-order valence-corrected chi connectivity index (χ3v) is 2.77. The van der Waals surface area contributed by atoms with Crippen LogP contribution in [0.15, 0.2) is 0 Å². The van der Waals surface area contributed by atoms with E-state index in [4.69, 9.17) is 0 Å². The molecule has 1 amide bonds. The molecule has 0 saturated heterocycles. The molecule has 0 aliphatic carbocycles. The van der Waals surface area contributed by atoms with E-state index in [1.54, 1.807) is 0 Å². The van der Waals surface area contributed by atoms with Crippen molar-refractivity contribution in [1.82, 2.24) is 10.2 Å². The van der Waals surface area contributed by atoms with Gasteiger partial charge in [0, 0.05) is 12.8 Å². The Hall–Kier alpha value is -0.970. The summed E-state index contributed by atoms with van der Waals surface area (Å²) in [6, 6.07) is 0. The van der Waals surface area contributed by atoms with Crippen molar-refractivity contribution < 1.29 is 4.79 Å². The average molecular weight is 241 g/mol. The molecule has 1 aromatic heterocycles. The van der Waals surface area contributed by atoms with E-state index in [9.17, 15) is 4.79 Å². The van der Waals surface area contributed by atoms with Crippen LogP contribution in [0.5, 0.6) is 0 Å². The minimum atomic E-state index is 0.00101. The Balaban J connectivity index is 2.50. The molecule has 0 spiro atoms. The zero-order valence-corrected chi connectivity index (χ0v) is 11.1. The first-order valence-corrected chi connectivity index (χ1v) is 6.34. The second-order valence-electron chi connectivity index (χ2n) is 5.04. The Morgan fingerprint density at radius 1 is 1.38 bits per heavy atom. The number of nitrogens with one attached hydrogen (secondary N) is 1. The molecule has 0 saturated carbocycles. The van der Waals surface area contributed by atoms with Crippen LogP contribution in [-0.2, 0) is 11.2 Å². The van der Waals surface area contributed by atoms with E-state index in [1.165, 1.54) is 11.3 Å². The van der Waals surface area contributed by atoms with Crippen LogP contribution in [-0.4, -0.2) is 16.1 Å². The van der Waals surface area contributed by atoms with Gasteiger partial charge in [0.25, 0.3) is 0 Å². The highest BCUT2D eigenvalue weighted by atomic mass is 32.1. The van der Waals surface area contributed by atoms with Gasteiger partial charge < -0.3 is 5.32 Å². The first-order chi connectivity index (χ1) is 7.40. The number of aromatic nitrogens is 2. The second kappa shape index (κ2) is 5.39. The van der Waals surface area contributed by atoms with Gasteiger partial charge >= 0.3 is 0 Å². The van der Waals surface area contributed by atoms with Crippen LogP contribution in [0.25, 0.3) is 0 Å². The first-order valence-electron chi connectivity index (χ1n) is 5.53. The molecule has 1 N–H and O–H groups in total. The monoisotopic (exact) mass is 241 g/mol. The van der Waals surface area contributed by atoms with Gasteiger partial charge in [-0.1, -0.05) is 39.0 Å². The quantitative estimate of drug-likeness (QED) is 0.882. The molecule has 90 valence electrons. The lowest BCUT2D eigenvalue weighted by molar-refractivity contribution is -0.117. The Morgan fingerprint density at radius 3 is 2.62 bits per heavy atom. The van der Waals surface area contributed by atoms with Crippen molar-refractivity contribution in [3.05, 3.63) is 5.01 Å². The van der Waals surface area contributed by atoms with Crippen molar-refractivity contribution in [3.63, 3.8) is 0 Å². The topological polar surface area (TPSA) is 54.9 Å². The van der Waals surface area contributed by atoms with E-state index in [0.29, 0.717) is 11.6 Å². The maximum Gasteiger partial charge on any atom is 0.226 e. The zero-order valence-electron chi connectivity index (χ0n) is 10.3. The van der Waals surface area contributed by atoms with Crippen LogP contribution in [0, 0.1) is 5.41 Å². The number of hydrogen-bond donors (Lipinski definition) is 1. The fourth-order valence-corrected chi connectivity index (χ4v) is 2.12. The summed E-state index contributed by atoms with van der Waals surface area (Å²) in [5, 5.41) is 12.3. The minimum Gasteiger partial charge on any atom is -0.301 e. The van der Waals surface area contributed by atoms with Crippen LogP contribution in [0.4, 0.5) is 5.13 Å². The third kappa shape index (κ3) is 4.70. The molecule has 0 fully saturated rings. The molecule has 1 aromatic rings. The molecule has 0 bridgehead atoms. The van der Waals surface area contributed by atoms with E-state index in [0.717, 1.165) is 17.8 Å². The molecule has 0 aliphatic heterocycles. The number of amides is 1. The van der Waals surface area contributed by atoms with E-state index in [2.05, 4.69) is 22.4 Å². The first kappa shape index (κ1) is 13.1. The van der Waals surface area contributed by atoms with E-state index < -0.39 is 0 Å². The molecule has 0 aliphatic rings. The summed E-state index contributed by atoms with van der Waals surface area (Å²) in [5.74, 6) is 0.00620. The highest BCUT2D eigenvalue weighted by Gasteiger charge is 2.17. The second-order valence-corrected chi connectivity index (χ2v) is 6.10.